The molecule has 2 aromatic rings. The van der Waals surface area contributed by atoms with Gasteiger partial charge in [0.1, 0.15) is 5.75 Å². The highest BCUT2D eigenvalue weighted by atomic mass is 31.1. The minimum atomic E-state index is -0.208. The molecule has 0 saturated carbocycles. The maximum Gasteiger partial charge on any atom is 0.142 e. The van der Waals surface area contributed by atoms with Crippen molar-refractivity contribution in [1.82, 2.24) is 0 Å². The quantitative estimate of drug-likeness (QED) is 0.724. The Morgan fingerprint density at radius 1 is 0.818 bits per heavy atom. The van der Waals surface area contributed by atoms with E-state index in [1.54, 1.807) is 7.11 Å². The van der Waals surface area contributed by atoms with Crippen LogP contribution in [0, 0.1) is 0 Å². The topological polar surface area (TPSA) is 21.3 Å². The molecule has 0 aromatic heterocycles. The van der Waals surface area contributed by atoms with Crippen molar-refractivity contribution in [3.8, 4) is 5.75 Å². The second-order valence-corrected chi connectivity index (χ2v) is 9.30. The fourth-order valence-electron chi connectivity index (χ4n) is 2.85. The van der Waals surface area contributed by atoms with Gasteiger partial charge in [-0.25, -0.2) is 0 Å². The van der Waals surface area contributed by atoms with Crippen molar-refractivity contribution >= 4 is 24.6 Å². The lowest BCUT2D eigenvalue weighted by atomic mass is 10.2. The third kappa shape index (κ3) is 3.81. The summed E-state index contributed by atoms with van der Waals surface area (Å²) in [5.41, 5.74) is 3.53. The Balaban J connectivity index is 2.40. The molecule has 3 heteroatoms. The Morgan fingerprint density at radius 3 is 1.95 bits per heavy atom. The van der Waals surface area contributed by atoms with Crippen molar-refractivity contribution in [3.63, 3.8) is 0 Å². The van der Waals surface area contributed by atoms with E-state index in [0.29, 0.717) is 11.3 Å². The summed E-state index contributed by atoms with van der Waals surface area (Å²) in [5.74, 6) is 0.871. The summed E-state index contributed by atoms with van der Waals surface area (Å²) in [4.78, 5) is 0. The minimum absolute atomic E-state index is 0.208. The molecule has 1 N–H and O–H groups in total. The van der Waals surface area contributed by atoms with Gasteiger partial charge in [0.25, 0.3) is 0 Å². The van der Waals surface area contributed by atoms with Crippen molar-refractivity contribution < 1.29 is 4.74 Å². The summed E-state index contributed by atoms with van der Waals surface area (Å²) in [6.07, 6.45) is 0. The van der Waals surface area contributed by atoms with Gasteiger partial charge in [-0.15, -0.1) is 0 Å². The molecular weight excluding hydrogens is 289 g/mol. The van der Waals surface area contributed by atoms with Gasteiger partial charge in [0.15, 0.2) is 0 Å². The molecule has 0 aliphatic heterocycles. The smallest absolute Gasteiger partial charge is 0.142 e. The van der Waals surface area contributed by atoms with Crippen LogP contribution in [0.4, 0.5) is 11.4 Å². The van der Waals surface area contributed by atoms with Crippen LogP contribution in [-0.2, 0) is 0 Å². The summed E-state index contributed by atoms with van der Waals surface area (Å²) in [5, 5.41) is 5.01. The molecule has 2 nitrogen and oxygen atoms in total. The van der Waals surface area contributed by atoms with E-state index in [1.807, 2.05) is 18.2 Å². The number of para-hydroxylation sites is 3. The first kappa shape index (κ1) is 16.8. The first-order valence-electron chi connectivity index (χ1n) is 7.82. The molecule has 22 heavy (non-hydrogen) atoms. The predicted octanol–water partition coefficient (Wildman–Crippen LogP) is 5.36. The molecule has 0 heterocycles. The van der Waals surface area contributed by atoms with Gasteiger partial charge >= 0.3 is 0 Å². The average molecular weight is 315 g/mol. The Kier molecular flexibility index (Phi) is 5.85. The molecule has 0 aliphatic rings. The highest BCUT2D eigenvalue weighted by Crippen LogP contribution is 2.47. The van der Waals surface area contributed by atoms with Crippen molar-refractivity contribution in [2.45, 2.75) is 39.0 Å². The SMILES string of the molecule is COc1ccccc1Nc1ccccc1P(C(C)C)C(C)C. The number of rotatable bonds is 6. The lowest BCUT2D eigenvalue weighted by Gasteiger charge is -2.28. The van der Waals surface area contributed by atoms with Gasteiger partial charge in [-0.05, 0) is 34.8 Å². The molecule has 0 saturated heterocycles. The van der Waals surface area contributed by atoms with Gasteiger partial charge in [0.2, 0.25) is 0 Å². The van der Waals surface area contributed by atoms with E-state index in [9.17, 15) is 0 Å². The Labute approximate surface area is 135 Å². The van der Waals surface area contributed by atoms with E-state index in [-0.39, 0.29) is 7.92 Å². The maximum absolute atomic E-state index is 5.46. The van der Waals surface area contributed by atoms with Crippen LogP contribution in [0.3, 0.4) is 0 Å². The third-order valence-electron chi connectivity index (χ3n) is 3.67. The molecule has 118 valence electrons. The van der Waals surface area contributed by atoms with E-state index in [0.717, 1.165) is 11.4 Å². The van der Waals surface area contributed by atoms with Gasteiger partial charge in [-0.1, -0.05) is 65.9 Å². The summed E-state index contributed by atoms with van der Waals surface area (Å²) in [6.45, 7) is 9.30. The molecule has 2 aromatic carbocycles. The van der Waals surface area contributed by atoms with Gasteiger partial charge in [0.05, 0.1) is 12.8 Å². The summed E-state index contributed by atoms with van der Waals surface area (Å²) in [6, 6.07) is 16.7. The van der Waals surface area contributed by atoms with Gasteiger partial charge in [-0.2, -0.15) is 0 Å². The average Bonchev–Trinajstić information content (AvgIpc) is 2.49. The molecule has 0 fully saturated rings. The van der Waals surface area contributed by atoms with E-state index in [4.69, 9.17) is 4.74 Å². The number of anilines is 2. The zero-order chi connectivity index (χ0) is 16.1. The van der Waals surface area contributed by atoms with E-state index >= 15 is 0 Å². The first-order valence-corrected chi connectivity index (χ1v) is 9.30. The lowest BCUT2D eigenvalue weighted by molar-refractivity contribution is 0.417. The number of ether oxygens (including phenoxy) is 1. The largest absolute Gasteiger partial charge is 0.495 e. The zero-order valence-electron chi connectivity index (χ0n) is 14.1. The van der Waals surface area contributed by atoms with Crippen molar-refractivity contribution in [2.24, 2.45) is 0 Å². The number of methoxy groups -OCH3 is 1. The van der Waals surface area contributed by atoms with Crippen LogP contribution in [0.2, 0.25) is 0 Å². The molecule has 0 amide bonds. The van der Waals surface area contributed by atoms with Crippen LogP contribution in [-0.4, -0.2) is 18.4 Å². The summed E-state index contributed by atoms with van der Waals surface area (Å²) < 4.78 is 5.46. The molecule has 0 radical (unpaired) electrons. The third-order valence-corrected chi connectivity index (χ3v) is 6.84. The van der Waals surface area contributed by atoms with Gasteiger partial charge < -0.3 is 10.1 Å². The summed E-state index contributed by atoms with van der Waals surface area (Å²) >= 11 is 0. The van der Waals surface area contributed by atoms with E-state index in [2.05, 4.69) is 63.3 Å². The maximum atomic E-state index is 5.46. The Bertz CT molecular complexity index is 602. The molecule has 2 rings (SSSR count). The lowest BCUT2D eigenvalue weighted by Crippen LogP contribution is -2.18. The highest BCUT2D eigenvalue weighted by molar-refractivity contribution is 7.67. The monoisotopic (exact) mass is 315 g/mol. The van der Waals surface area contributed by atoms with Crippen LogP contribution in [0.25, 0.3) is 0 Å². The van der Waals surface area contributed by atoms with Crippen molar-refractivity contribution in [2.75, 3.05) is 12.4 Å². The molecule has 0 spiro atoms. The van der Waals surface area contributed by atoms with Crippen molar-refractivity contribution in [3.05, 3.63) is 48.5 Å². The molecule has 0 atom stereocenters. The van der Waals surface area contributed by atoms with Crippen LogP contribution in [0.1, 0.15) is 27.7 Å². The second-order valence-electron chi connectivity index (χ2n) is 5.94. The first-order chi connectivity index (χ1) is 10.5. The predicted molar refractivity (Wildman–Crippen MR) is 99.5 cm³/mol. The van der Waals surface area contributed by atoms with Crippen LogP contribution in [0.5, 0.6) is 5.75 Å². The van der Waals surface area contributed by atoms with Gasteiger partial charge in [-0.3, -0.25) is 0 Å². The molecule has 0 bridgehead atoms. The normalized spacial score (nSPS) is 11.3. The Hall–Kier alpha value is -1.53. The molecular formula is C19H26NOP. The number of hydrogen-bond acceptors (Lipinski definition) is 2. The number of nitrogens with one attached hydrogen (secondary N) is 1. The highest BCUT2D eigenvalue weighted by Gasteiger charge is 2.21. The molecule has 0 aliphatic carbocycles. The Morgan fingerprint density at radius 2 is 1.36 bits per heavy atom. The summed E-state index contributed by atoms with van der Waals surface area (Å²) in [7, 11) is 1.50. The van der Waals surface area contributed by atoms with E-state index < -0.39 is 0 Å². The van der Waals surface area contributed by atoms with Crippen LogP contribution >= 0.6 is 7.92 Å². The number of benzene rings is 2. The standard InChI is InChI=1S/C19H26NOP/c1-14(2)22(15(3)4)19-13-9-7-11-17(19)20-16-10-6-8-12-18(16)21-5/h6-15,20H,1-5H3. The fraction of sp³-hybridized carbons (Fsp3) is 0.368. The van der Waals surface area contributed by atoms with Crippen LogP contribution < -0.4 is 15.4 Å². The second kappa shape index (κ2) is 7.65. The van der Waals surface area contributed by atoms with E-state index in [1.165, 1.54) is 11.0 Å². The zero-order valence-corrected chi connectivity index (χ0v) is 15.0. The van der Waals surface area contributed by atoms with Crippen molar-refractivity contribution in [1.29, 1.82) is 0 Å². The number of hydrogen-bond donors (Lipinski definition) is 1. The minimum Gasteiger partial charge on any atom is -0.495 e. The molecule has 0 unspecified atom stereocenters. The van der Waals surface area contributed by atoms with Gasteiger partial charge in [0, 0.05) is 5.69 Å². The fourth-order valence-corrected chi connectivity index (χ4v) is 5.82. The van der Waals surface area contributed by atoms with Crippen LogP contribution in [0.15, 0.2) is 48.5 Å².